The first-order valence-corrected chi connectivity index (χ1v) is 9.02. The van der Waals surface area contributed by atoms with Gasteiger partial charge in [0.15, 0.2) is 0 Å². The molecule has 2 aromatic rings. The Kier molecular flexibility index (Phi) is 3.80. The third-order valence-corrected chi connectivity index (χ3v) is 5.83. The Hall–Kier alpha value is -2.28. The van der Waals surface area contributed by atoms with Crippen LogP contribution in [0.4, 0.5) is 5.69 Å². The highest BCUT2D eigenvalue weighted by Crippen LogP contribution is 2.43. The molecule has 2 fully saturated rings. The first-order valence-electron chi connectivity index (χ1n) is 8.08. The second-order valence-corrected chi connectivity index (χ2v) is 7.17. The van der Waals surface area contributed by atoms with Gasteiger partial charge in [-0.25, -0.2) is 9.97 Å². The number of anilines is 1. The maximum atomic E-state index is 13.0. The summed E-state index contributed by atoms with van der Waals surface area (Å²) in [7, 11) is 0. The van der Waals surface area contributed by atoms with Gasteiger partial charge in [-0.3, -0.25) is 9.59 Å². The van der Waals surface area contributed by atoms with Gasteiger partial charge in [0.05, 0.1) is 29.1 Å². The first-order chi connectivity index (χ1) is 11.7. The van der Waals surface area contributed by atoms with Gasteiger partial charge >= 0.3 is 0 Å². The Bertz CT molecular complexity index is 739. The molecule has 2 saturated heterocycles. The fourth-order valence-electron chi connectivity index (χ4n) is 3.67. The predicted octanol–water partition coefficient (Wildman–Crippen LogP) is 2.20. The van der Waals surface area contributed by atoms with Crippen LogP contribution in [0.5, 0.6) is 0 Å². The summed E-state index contributed by atoms with van der Waals surface area (Å²) in [5, 5.41) is 3.80. The maximum Gasteiger partial charge on any atom is 0.254 e. The fraction of sp³-hybridized carbons (Fsp3) is 0.412. The Morgan fingerprint density at radius 3 is 2.50 bits per heavy atom. The summed E-state index contributed by atoms with van der Waals surface area (Å²) < 4.78 is 0. The highest BCUT2D eigenvalue weighted by Gasteiger charge is 2.49. The van der Waals surface area contributed by atoms with Crippen molar-refractivity contribution in [1.82, 2.24) is 14.9 Å². The van der Waals surface area contributed by atoms with Crippen molar-refractivity contribution in [3.8, 4) is 0 Å². The lowest BCUT2D eigenvalue weighted by molar-refractivity contribution is -0.127. The Balaban J connectivity index is 1.45. The molecule has 0 N–H and O–H groups in total. The molecule has 6 nitrogen and oxygen atoms in total. The van der Waals surface area contributed by atoms with Crippen molar-refractivity contribution >= 4 is 28.8 Å². The van der Waals surface area contributed by atoms with Crippen LogP contribution in [-0.2, 0) is 4.79 Å². The molecule has 4 heterocycles. The quantitative estimate of drug-likeness (QED) is 0.839. The first kappa shape index (κ1) is 15.3. The summed E-state index contributed by atoms with van der Waals surface area (Å²) in [6.45, 7) is 1.98. The predicted molar refractivity (Wildman–Crippen MR) is 90.9 cm³/mol. The molecule has 24 heavy (non-hydrogen) atoms. The molecule has 2 aliphatic heterocycles. The van der Waals surface area contributed by atoms with Crippen molar-refractivity contribution in [3.63, 3.8) is 0 Å². The minimum Gasteiger partial charge on any atom is -0.339 e. The van der Waals surface area contributed by atoms with E-state index in [2.05, 4.69) is 9.97 Å². The summed E-state index contributed by atoms with van der Waals surface area (Å²) >= 11 is 1.53. The highest BCUT2D eigenvalue weighted by molar-refractivity contribution is 7.08. The third-order valence-electron chi connectivity index (χ3n) is 5.15. The molecule has 4 rings (SSSR count). The van der Waals surface area contributed by atoms with Gasteiger partial charge in [0.1, 0.15) is 6.33 Å². The molecule has 124 valence electrons. The Labute approximate surface area is 144 Å². The van der Waals surface area contributed by atoms with E-state index in [0.29, 0.717) is 19.6 Å². The molecule has 2 aliphatic rings. The monoisotopic (exact) mass is 342 g/mol. The van der Waals surface area contributed by atoms with Crippen LogP contribution < -0.4 is 4.90 Å². The van der Waals surface area contributed by atoms with E-state index in [-0.39, 0.29) is 17.2 Å². The standard InChI is InChI=1S/C17H18N4O2S/c22-15(13-1-8-24-11-13)20-5-2-17(3-6-20)4-7-21(16(17)23)14-9-18-12-19-10-14/h1,8-12H,2-7H2. The van der Waals surface area contributed by atoms with Crippen molar-refractivity contribution in [1.29, 1.82) is 0 Å². The Morgan fingerprint density at radius 1 is 1.12 bits per heavy atom. The van der Waals surface area contributed by atoms with E-state index in [4.69, 9.17) is 0 Å². The van der Waals surface area contributed by atoms with E-state index in [0.717, 1.165) is 30.5 Å². The van der Waals surface area contributed by atoms with E-state index >= 15 is 0 Å². The zero-order chi connectivity index (χ0) is 16.6. The summed E-state index contributed by atoms with van der Waals surface area (Å²) in [5.41, 5.74) is 1.18. The van der Waals surface area contributed by atoms with Crippen LogP contribution >= 0.6 is 11.3 Å². The summed E-state index contributed by atoms with van der Waals surface area (Å²) in [5.74, 6) is 0.227. The minimum absolute atomic E-state index is 0.0739. The van der Waals surface area contributed by atoms with Gasteiger partial charge in [-0.1, -0.05) is 0 Å². The molecule has 1 spiro atoms. The van der Waals surface area contributed by atoms with Gasteiger partial charge in [0.25, 0.3) is 5.91 Å². The molecule has 2 aromatic heterocycles. The minimum atomic E-state index is -0.332. The fourth-order valence-corrected chi connectivity index (χ4v) is 4.30. The molecule has 0 bridgehead atoms. The molecule has 0 atom stereocenters. The summed E-state index contributed by atoms with van der Waals surface area (Å²) in [6.07, 6.45) is 7.12. The van der Waals surface area contributed by atoms with E-state index < -0.39 is 0 Å². The van der Waals surface area contributed by atoms with Gasteiger partial charge in [0, 0.05) is 25.0 Å². The SMILES string of the molecule is O=C(c1ccsc1)N1CCC2(CC1)CCN(c1cncnc1)C2=O. The number of carbonyl (C=O) groups is 2. The molecule has 0 aliphatic carbocycles. The molecule has 0 radical (unpaired) electrons. The number of aromatic nitrogens is 2. The smallest absolute Gasteiger partial charge is 0.254 e. The van der Waals surface area contributed by atoms with Crippen molar-refractivity contribution < 1.29 is 9.59 Å². The Morgan fingerprint density at radius 2 is 1.83 bits per heavy atom. The second-order valence-electron chi connectivity index (χ2n) is 6.39. The van der Waals surface area contributed by atoms with Crippen molar-refractivity contribution in [3.05, 3.63) is 41.1 Å². The molecule has 0 saturated carbocycles. The van der Waals surface area contributed by atoms with Crippen LogP contribution in [0.1, 0.15) is 29.6 Å². The molecule has 2 amide bonds. The zero-order valence-corrected chi connectivity index (χ0v) is 14.0. The number of carbonyl (C=O) groups excluding carboxylic acids is 2. The number of thiophene rings is 1. The number of likely N-dealkylation sites (tertiary alicyclic amines) is 1. The molecule has 7 heteroatoms. The molecular weight excluding hydrogens is 324 g/mol. The lowest BCUT2D eigenvalue weighted by Crippen LogP contribution is -2.46. The van der Waals surface area contributed by atoms with Crippen molar-refractivity contribution in [2.75, 3.05) is 24.5 Å². The lowest BCUT2D eigenvalue weighted by Gasteiger charge is -2.37. The molecule has 0 unspecified atom stereocenters. The number of piperidine rings is 1. The number of hydrogen-bond donors (Lipinski definition) is 0. The van der Waals surface area contributed by atoms with E-state index in [1.807, 2.05) is 21.7 Å². The molecule has 0 aromatic carbocycles. The normalized spacial score (nSPS) is 19.9. The van der Waals surface area contributed by atoms with E-state index in [1.165, 1.54) is 17.7 Å². The lowest BCUT2D eigenvalue weighted by atomic mass is 9.77. The number of nitrogens with zero attached hydrogens (tertiary/aromatic N) is 4. The van der Waals surface area contributed by atoms with Crippen LogP contribution in [0.25, 0.3) is 0 Å². The van der Waals surface area contributed by atoms with Gasteiger partial charge in [-0.15, -0.1) is 0 Å². The van der Waals surface area contributed by atoms with Crippen LogP contribution in [-0.4, -0.2) is 46.3 Å². The van der Waals surface area contributed by atoms with Crippen LogP contribution in [0, 0.1) is 5.41 Å². The summed E-state index contributed by atoms with van der Waals surface area (Å²) in [4.78, 5) is 37.1. The number of amides is 2. The largest absolute Gasteiger partial charge is 0.339 e. The van der Waals surface area contributed by atoms with Crippen molar-refractivity contribution in [2.45, 2.75) is 19.3 Å². The van der Waals surface area contributed by atoms with Gasteiger partial charge in [0.2, 0.25) is 5.91 Å². The van der Waals surface area contributed by atoms with Gasteiger partial charge in [-0.2, -0.15) is 11.3 Å². The highest BCUT2D eigenvalue weighted by atomic mass is 32.1. The van der Waals surface area contributed by atoms with E-state index in [9.17, 15) is 9.59 Å². The topological polar surface area (TPSA) is 66.4 Å². The van der Waals surface area contributed by atoms with Gasteiger partial charge < -0.3 is 9.80 Å². The summed E-state index contributed by atoms with van der Waals surface area (Å²) in [6, 6.07) is 1.86. The third kappa shape index (κ3) is 2.49. The zero-order valence-electron chi connectivity index (χ0n) is 13.2. The number of hydrogen-bond acceptors (Lipinski definition) is 5. The molecular formula is C17H18N4O2S. The van der Waals surface area contributed by atoms with Crippen molar-refractivity contribution in [2.24, 2.45) is 5.41 Å². The van der Waals surface area contributed by atoms with Crippen LogP contribution in [0.3, 0.4) is 0 Å². The maximum absolute atomic E-state index is 13.0. The average Bonchev–Trinajstić information content (AvgIpc) is 3.26. The van der Waals surface area contributed by atoms with Crippen LogP contribution in [0.15, 0.2) is 35.5 Å². The van der Waals surface area contributed by atoms with Crippen LogP contribution in [0.2, 0.25) is 0 Å². The second kappa shape index (κ2) is 5.98. The van der Waals surface area contributed by atoms with Gasteiger partial charge in [-0.05, 0) is 30.7 Å². The average molecular weight is 342 g/mol. The number of rotatable bonds is 2. The van der Waals surface area contributed by atoms with E-state index in [1.54, 1.807) is 17.3 Å².